The number of ether oxygens (including phenoxy) is 1. The van der Waals surface area contributed by atoms with E-state index in [9.17, 15) is 13.2 Å². The van der Waals surface area contributed by atoms with E-state index in [1.54, 1.807) is 6.07 Å². The summed E-state index contributed by atoms with van der Waals surface area (Å²) in [5.41, 5.74) is 0.726. The third-order valence-electron chi connectivity index (χ3n) is 4.79. The molecule has 2 aromatic rings. The minimum atomic E-state index is -3.88. The molecule has 2 rings (SSSR count). The normalized spacial score (nSPS) is 12.6. The Morgan fingerprint density at radius 2 is 1.65 bits per heavy atom. The fraction of sp³-hybridized carbons (Fsp3) is 0.458. The van der Waals surface area contributed by atoms with Gasteiger partial charge in [0, 0.05) is 24.7 Å². The molecule has 0 atom stereocenters. The first-order chi connectivity index (χ1) is 14.2. The summed E-state index contributed by atoms with van der Waals surface area (Å²) >= 11 is 0. The first-order valence-electron chi connectivity index (χ1n) is 10.3. The first kappa shape index (κ1) is 24.9. The highest BCUT2D eigenvalue weighted by molar-refractivity contribution is 7.89. The number of benzene rings is 2. The van der Waals surface area contributed by atoms with E-state index in [-0.39, 0.29) is 34.1 Å². The standard InChI is InChI=1S/C24H34N2O4S/c1-23(2,3)17-24(4,5)25-22(27)19-13-14-20(30-7)21(15-19)31(28,29)26(6)16-18-11-9-8-10-12-18/h8-15H,16-17H2,1-7H3,(H,25,27). The molecule has 1 amide bonds. The predicted molar refractivity (Wildman–Crippen MR) is 124 cm³/mol. The molecule has 7 heteroatoms. The summed E-state index contributed by atoms with van der Waals surface area (Å²) in [5, 5.41) is 3.03. The van der Waals surface area contributed by atoms with E-state index < -0.39 is 15.6 Å². The lowest BCUT2D eigenvalue weighted by atomic mass is 9.81. The Balaban J connectivity index is 2.34. The zero-order valence-electron chi connectivity index (χ0n) is 19.5. The Morgan fingerprint density at radius 1 is 1.03 bits per heavy atom. The van der Waals surface area contributed by atoms with E-state index in [0.29, 0.717) is 0 Å². The number of amides is 1. The maximum atomic E-state index is 13.3. The summed E-state index contributed by atoms with van der Waals surface area (Å²) < 4.78 is 33.1. The number of methoxy groups -OCH3 is 1. The highest BCUT2D eigenvalue weighted by atomic mass is 32.2. The average molecular weight is 447 g/mol. The van der Waals surface area contributed by atoms with E-state index in [1.165, 1.54) is 30.6 Å². The molecule has 0 unspecified atom stereocenters. The number of hydrogen-bond donors (Lipinski definition) is 1. The van der Waals surface area contributed by atoms with Crippen LogP contribution in [0.15, 0.2) is 53.4 Å². The Bertz CT molecular complexity index is 1010. The number of nitrogens with zero attached hydrogens (tertiary/aromatic N) is 1. The lowest BCUT2D eigenvalue weighted by Gasteiger charge is -2.33. The number of carbonyl (C=O) groups excluding carboxylic acids is 1. The van der Waals surface area contributed by atoms with Crippen molar-refractivity contribution in [3.63, 3.8) is 0 Å². The van der Waals surface area contributed by atoms with Crippen LogP contribution in [0.5, 0.6) is 5.75 Å². The van der Waals surface area contributed by atoms with Crippen molar-refractivity contribution in [2.75, 3.05) is 14.2 Å². The third kappa shape index (κ3) is 6.80. The lowest BCUT2D eigenvalue weighted by Crippen LogP contribution is -2.45. The smallest absolute Gasteiger partial charge is 0.251 e. The van der Waals surface area contributed by atoms with Crippen molar-refractivity contribution in [2.45, 2.75) is 58.0 Å². The Hall–Kier alpha value is -2.38. The molecule has 0 spiro atoms. The van der Waals surface area contributed by atoms with E-state index in [4.69, 9.17) is 4.74 Å². The summed E-state index contributed by atoms with van der Waals surface area (Å²) in [6.07, 6.45) is 0.771. The van der Waals surface area contributed by atoms with E-state index in [0.717, 1.165) is 12.0 Å². The van der Waals surface area contributed by atoms with Crippen molar-refractivity contribution in [3.05, 3.63) is 59.7 Å². The number of sulfonamides is 1. The SMILES string of the molecule is COc1ccc(C(=O)NC(C)(C)CC(C)(C)C)cc1S(=O)(=O)N(C)Cc1ccccc1. The zero-order chi connectivity index (χ0) is 23.4. The second-order valence-electron chi connectivity index (χ2n) is 9.69. The number of carbonyl (C=O) groups is 1. The molecule has 2 aromatic carbocycles. The Labute approximate surface area is 186 Å². The summed E-state index contributed by atoms with van der Waals surface area (Å²) in [4.78, 5) is 12.9. The molecule has 0 saturated heterocycles. The second-order valence-corrected chi connectivity index (χ2v) is 11.7. The topological polar surface area (TPSA) is 75.7 Å². The molecule has 31 heavy (non-hydrogen) atoms. The number of hydrogen-bond acceptors (Lipinski definition) is 4. The zero-order valence-corrected chi connectivity index (χ0v) is 20.3. The molecule has 0 fully saturated rings. The van der Waals surface area contributed by atoms with Crippen LogP contribution in [0.2, 0.25) is 0 Å². The first-order valence-corrected chi connectivity index (χ1v) is 11.7. The summed E-state index contributed by atoms with van der Waals surface area (Å²) in [6, 6.07) is 13.8. The summed E-state index contributed by atoms with van der Waals surface area (Å²) in [5.74, 6) is -0.121. The van der Waals surface area contributed by atoms with Crippen molar-refractivity contribution < 1.29 is 17.9 Å². The largest absolute Gasteiger partial charge is 0.495 e. The molecule has 170 valence electrons. The van der Waals surface area contributed by atoms with Gasteiger partial charge in [-0.15, -0.1) is 0 Å². The van der Waals surface area contributed by atoms with Gasteiger partial charge >= 0.3 is 0 Å². The molecule has 0 radical (unpaired) electrons. The van der Waals surface area contributed by atoms with Crippen molar-refractivity contribution in [1.29, 1.82) is 0 Å². The third-order valence-corrected chi connectivity index (χ3v) is 6.61. The van der Waals surface area contributed by atoms with Crippen LogP contribution >= 0.6 is 0 Å². The van der Waals surface area contributed by atoms with Crippen LogP contribution in [0, 0.1) is 5.41 Å². The van der Waals surface area contributed by atoms with E-state index >= 15 is 0 Å². The highest BCUT2D eigenvalue weighted by Gasteiger charge is 2.29. The monoisotopic (exact) mass is 446 g/mol. The lowest BCUT2D eigenvalue weighted by molar-refractivity contribution is 0.0891. The van der Waals surface area contributed by atoms with E-state index in [2.05, 4.69) is 26.1 Å². The van der Waals surface area contributed by atoms with Crippen LogP contribution in [-0.2, 0) is 16.6 Å². The van der Waals surface area contributed by atoms with Crippen LogP contribution in [0.1, 0.15) is 57.0 Å². The second kappa shape index (κ2) is 9.40. The Morgan fingerprint density at radius 3 is 2.19 bits per heavy atom. The van der Waals surface area contributed by atoms with Gasteiger partial charge in [-0.05, 0) is 49.4 Å². The van der Waals surface area contributed by atoms with Crippen LogP contribution in [-0.4, -0.2) is 38.3 Å². The molecule has 1 N–H and O–H groups in total. The molecule has 6 nitrogen and oxygen atoms in total. The molecule has 0 saturated carbocycles. The van der Waals surface area contributed by atoms with E-state index in [1.807, 2.05) is 44.2 Å². The van der Waals surface area contributed by atoms with Gasteiger partial charge in [0.25, 0.3) is 5.91 Å². The maximum Gasteiger partial charge on any atom is 0.251 e. The fourth-order valence-electron chi connectivity index (χ4n) is 3.86. The summed E-state index contributed by atoms with van der Waals surface area (Å²) in [6.45, 7) is 10.5. The molecular weight excluding hydrogens is 412 g/mol. The number of rotatable bonds is 8. The molecule has 0 aliphatic rings. The maximum absolute atomic E-state index is 13.3. The van der Waals surface area contributed by atoms with Crippen molar-refractivity contribution in [1.82, 2.24) is 9.62 Å². The van der Waals surface area contributed by atoms with Gasteiger partial charge in [-0.25, -0.2) is 8.42 Å². The quantitative estimate of drug-likeness (QED) is 0.650. The van der Waals surface area contributed by atoms with Gasteiger partial charge in [0.15, 0.2) is 0 Å². The van der Waals surface area contributed by atoms with Gasteiger partial charge in [0.2, 0.25) is 10.0 Å². The van der Waals surface area contributed by atoms with Crippen molar-refractivity contribution in [3.8, 4) is 5.75 Å². The van der Waals surface area contributed by atoms with Crippen LogP contribution in [0.3, 0.4) is 0 Å². The summed E-state index contributed by atoms with van der Waals surface area (Å²) in [7, 11) is -0.951. The highest BCUT2D eigenvalue weighted by Crippen LogP contribution is 2.30. The molecular formula is C24H34N2O4S. The van der Waals surface area contributed by atoms with Crippen molar-refractivity contribution in [2.24, 2.45) is 5.41 Å². The van der Waals surface area contributed by atoms with Gasteiger partial charge in [0.1, 0.15) is 10.6 Å². The van der Waals surface area contributed by atoms with Gasteiger partial charge in [-0.3, -0.25) is 4.79 Å². The van der Waals surface area contributed by atoms with Crippen LogP contribution in [0.25, 0.3) is 0 Å². The van der Waals surface area contributed by atoms with Crippen LogP contribution < -0.4 is 10.1 Å². The predicted octanol–water partition coefficient (Wildman–Crippen LogP) is 4.46. The molecule has 0 aromatic heterocycles. The fourth-order valence-corrected chi connectivity index (χ4v) is 5.20. The minimum Gasteiger partial charge on any atom is -0.495 e. The molecule has 0 bridgehead atoms. The minimum absolute atomic E-state index is 0.0327. The van der Waals surface area contributed by atoms with Gasteiger partial charge in [-0.1, -0.05) is 51.1 Å². The van der Waals surface area contributed by atoms with Gasteiger partial charge in [0.05, 0.1) is 7.11 Å². The van der Waals surface area contributed by atoms with Gasteiger partial charge < -0.3 is 10.1 Å². The molecule has 0 aliphatic heterocycles. The van der Waals surface area contributed by atoms with Crippen LogP contribution in [0.4, 0.5) is 0 Å². The average Bonchev–Trinajstić information content (AvgIpc) is 2.65. The van der Waals surface area contributed by atoms with Crippen molar-refractivity contribution >= 4 is 15.9 Å². The number of nitrogens with one attached hydrogen (secondary N) is 1. The molecule has 0 heterocycles. The van der Waals surface area contributed by atoms with Gasteiger partial charge in [-0.2, -0.15) is 4.31 Å². The Kier molecular flexibility index (Phi) is 7.55. The molecule has 0 aliphatic carbocycles.